The van der Waals surface area contributed by atoms with Crippen LogP contribution in [0.4, 0.5) is 5.69 Å². The Labute approximate surface area is 124 Å². The Hall–Kier alpha value is -0.820. The lowest BCUT2D eigenvalue weighted by atomic mass is 9.97. The van der Waals surface area contributed by atoms with Crippen LogP contribution in [0.5, 0.6) is 0 Å². The molecule has 20 heavy (non-hydrogen) atoms. The number of aryl methyl sites for hydroxylation is 1. The van der Waals surface area contributed by atoms with Gasteiger partial charge in [-0.15, -0.1) is 0 Å². The summed E-state index contributed by atoms with van der Waals surface area (Å²) in [4.78, 5) is 0.128. The van der Waals surface area contributed by atoms with Crippen molar-refractivity contribution in [1.82, 2.24) is 4.72 Å². The Bertz CT molecular complexity index is 587. The first-order chi connectivity index (χ1) is 9.23. The van der Waals surface area contributed by atoms with Crippen LogP contribution in [0, 0.1) is 6.92 Å². The fourth-order valence-electron chi connectivity index (χ4n) is 2.32. The zero-order chi connectivity index (χ0) is 15.0. The van der Waals surface area contributed by atoms with Crippen LogP contribution in [0.3, 0.4) is 0 Å². The molecular weight excluding hydrogens is 300 g/mol. The fraction of sp³-hybridized carbons (Fsp3) is 0.538. The van der Waals surface area contributed by atoms with Gasteiger partial charge in [-0.25, -0.2) is 13.1 Å². The first-order valence-electron chi connectivity index (χ1n) is 6.41. The van der Waals surface area contributed by atoms with E-state index in [1.165, 1.54) is 12.1 Å². The van der Waals surface area contributed by atoms with Gasteiger partial charge in [0.15, 0.2) is 0 Å². The number of nitrogens with two attached hydrogens (primary N) is 1. The van der Waals surface area contributed by atoms with E-state index >= 15 is 0 Å². The summed E-state index contributed by atoms with van der Waals surface area (Å²) in [6.45, 7) is 4.61. The van der Waals surface area contributed by atoms with Crippen LogP contribution in [0.2, 0.25) is 5.02 Å². The fourth-order valence-corrected chi connectivity index (χ4v) is 3.97. The van der Waals surface area contributed by atoms with Crippen LogP contribution in [-0.2, 0) is 14.8 Å². The van der Waals surface area contributed by atoms with Crippen molar-refractivity contribution in [2.45, 2.75) is 37.1 Å². The molecule has 0 aliphatic carbocycles. The molecule has 0 spiro atoms. The van der Waals surface area contributed by atoms with E-state index in [9.17, 15) is 8.42 Å². The number of sulfonamides is 1. The summed E-state index contributed by atoms with van der Waals surface area (Å²) >= 11 is 5.96. The number of hydrogen-bond acceptors (Lipinski definition) is 4. The number of nitrogens with one attached hydrogen (secondary N) is 1. The van der Waals surface area contributed by atoms with Crippen molar-refractivity contribution in [3.05, 3.63) is 22.7 Å². The normalized spacial score (nSPS) is 23.8. The number of anilines is 1. The molecule has 1 unspecified atom stereocenters. The molecule has 1 fully saturated rings. The molecule has 1 atom stereocenters. The second kappa shape index (κ2) is 5.52. The minimum absolute atomic E-state index is 0.128. The molecule has 5 nitrogen and oxygen atoms in total. The van der Waals surface area contributed by atoms with Crippen molar-refractivity contribution in [1.29, 1.82) is 0 Å². The van der Waals surface area contributed by atoms with E-state index in [4.69, 9.17) is 22.1 Å². The van der Waals surface area contributed by atoms with Crippen LogP contribution < -0.4 is 10.5 Å². The summed E-state index contributed by atoms with van der Waals surface area (Å²) in [6.07, 6.45) is 1.58. The van der Waals surface area contributed by atoms with Crippen LogP contribution in [0.1, 0.15) is 25.3 Å². The van der Waals surface area contributed by atoms with E-state index in [1.54, 1.807) is 6.92 Å². The van der Waals surface area contributed by atoms with E-state index in [0.29, 0.717) is 23.8 Å². The maximum atomic E-state index is 12.5. The van der Waals surface area contributed by atoms with Gasteiger partial charge in [-0.05, 0) is 44.4 Å². The number of nitrogen functional groups attached to an aromatic ring is 1. The zero-order valence-electron chi connectivity index (χ0n) is 11.6. The third kappa shape index (κ3) is 3.25. The van der Waals surface area contributed by atoms with Gasteiger partial charge in [-0.1, -0.05) is 11.6 Å². The van der Waals surface area contributed by atoms with Crippen LogP contribution >= 0.6 is 11.6 Å². The van der Waals surface area contributed by atoms with Crippen molar-refractivity contribution in [3.63, 3.8) is 0 Å². The minimum atomic E-state index is -3.65. The van der Waals surface area contributed by atoms with Crippen molar-refractivity contribution in [3.8, 4) is 0 Å². The highest BCUT2D eigenvalue weighted by atomic mass is 35.5. The second-order valence-electron chi connectivity index (χ2n) is 5.47. The summed E-state index contributed by atoms with van der Waals surface area (Å²) in [5, 5.41) is 0.385. The number of halogens is 1. The molecule has 0 aromatic heterocycles. The Morgan fingerprint density at radius 2 is 2.15 bits per heavy atom. The van der Waals surface area contributed by atoms with Gasteiger partial charge in [0.2, 0.25) is 10.0 Å². The van der Waals surface area contributed by atoms with E-state index in [2.05, 4.69) is 4.72 Å². The average Bonchev–Trinajstić information content (AvgIpc) is 2.35. The van der Waals surface area contributed by atoms with Crippen molar-refractivity contribution in [2.75, 3.05) is 18.9 Å². The summed E-state index contributed by atoms with van der Waals surface area (Å²) in [5.41, 5.74) is 6.05. The minimum Gasteiger partial charge on any atom is -0.397 e. The highest BCUT2D eigenvalue weighted by Crippen LogP contribution is 2.28. The highest BCUT2D eigenvalue weighted by molar-refractivity contribution is 7.89. The Kier molecular flexibility index (Phi) is 4.30. The van der Waals surface area contributed by atoms with Gasteiger partial charge in [0.1, 0.15) is 0 Å². The molecule has 1 saturated heterocycles. The zero-order valence-corrected chi connectivity index (χ0v) is 13.1. The van der Waals surface area contributed by atoms with Gasteiger partial charge in [0.05, 0.1) is 27.8 Å². The van der Waals surface area contributed by atoms with E-state index in [1.807, 2.05) is 6.92 Å². The Balaban J connectivity index is 2.31. The second-order valence-corrected chi connectivity index (χ2v) is 7.53. The van der Waals surface area contributed by atoms with Gasteiger partial charge in [-0.2, -0.15) is 0 Å². The largest absolute Gasteiger partial charge is 0.397 e. The summed E-state index contributed by atoms with van der Waals surface area (Å²) in [6, 6.07) is 2.90. The molecule has 0 bridgehead atoms. The molecule has 1 aliphatic rings. The van der Waals surface area contributed by atoms with Gasteiger partial charge < -0.3 is 10.5 Å². The molecule has 0 amide bonds. The molecule has 7 heteroatoms. The molecule has 1 aliphatic heterocycles. The first-order valence-corrected chi connectivity index (χ1v) is 8.27. The number of ether oxygens (including phenoxy) is 1. The summed E-state index contributed by atoms with van der Waals surface area (Å²) < 4.78 is 33.0. The molecule has 0 saturated carbocycles. The molecule has 3 N–H and O–H groups in total. The van der Waals surface area contributed by atoms with Crippen LogP contribution in [0.25, 0.3) is 0 Å². The Morgan fingerprint density at radius 3 is 2.70 bits per heavy atom. The van der Waals surface area contributed by atoms with Crippen molar-refractivity contribution in [2.24, 2.45) is 0 Å². The summed E-state index contributed by atoms with van der Waals surface area (Å²) in [5.74, 6) is 0. The standard InChI is InChI=1S/C13H19ClN2O3S/c1-9-6-10(7-11(15)12(9)14)20(17,18)16-13(2)4-3-5-19-8-13/h6-7,16H,3-5,8,15H2,1-2H3. The third-order valence-electron chi connectivity index (χ3n) is 3.39. The molecule has 2 rings (SSSR count). The van der Waals surface area contributed by atoms with Crippen LogP contribution in [0.15, 0.2) is 17.0 Å². The molecule has 112 valence electrons. The molecule has 0 radical (unpaired) electrons. The molecular formula is C13H19ClN2O3S. The van der Waals surface area contributed by atoms with Gasteiger partial charge >= 0.3 is 0 Å². The van der Waals surface area contributed by atoms with E-state index < -0.39 is 15.6 Å². The quantitative estimate of drug-likeness (QED) is 0.836. The van der Waals surface area contributed by atoms with E-state index in [-0.39, 0.29) is 10.6 Å². The highest BCUT2D eigenvalue weighted by Gasteiger charge is 2.33. The van der Waals surface area contributed by atoms with E-state index in [0.717, 1.165) is 12.8 Å². The Morgan fingerprint density at radius 1 is 1.45 bits per heavy atom. The van der Waals surface area contributed by atoms with Gasteiger partial charge in [0, 0.05) is 6.61 Å². The third-order valence-corrected chi connectivity index (χ3v) is 5.52. The monoisotopic (exact) mass is 318 g/mol. The maximum absolute atomic E-state index is 12.5. The van der Waals surface area contributed by atoms with Crippen LogP contribution in [-0.4, -0.2) is 27.2 Å². The first kappa shape index (κ1) is 15.6. The lowest BCUT2D eigenvalue weighted by Gasteiger charge is -2.33. The van der Waals surface area contributed by atoms with Crippen molar-refractivity contribution >= 4 is 27.3 Å². The lowest BCUT2D eigenvalue weighted by Crippen LogP contribution is -2.51. The maximum Gasteiger partial charge on any atom is 0.241 e. The predicted octanol–water partition coefficient (Wildman–Crippen LogP) is 2.08. The smallest absolute Gasteiger partial charge is 0.241 e. The van der Waals surface area contributed by atoms with Gasteiger partial charge in [0.25, 0.3) is 0 Å². The summed E-state index contributed by atoms with van der Waals surface area (Å²) in [7, 11) is -3.65. The average molecular weight is 319 g/mol. The number of benzene rings is 1. The van der Waals surface area contributed by atoms with Crippen molar-refractivity contribution < 1.29 is 13.2 Å². The number of hydrogen-bond donors (Lipinski definition) is 2. The molecule has 1 heterocycles. The predicted molar refractivity (Wildman–Crippen MR) is 79.4 cm³/mol. The molecule has 1 aromatic carbocycles. The number of rotatable bonds is 3. The van der Waals surface area contributed by atoms with Gasteiger partial charge in [-0.3, -0.25) is 0 Å². The lowest BCUT2D eigenvalue weighted by molar-refractivity contribution is 0.0386. The topological polar surface area (TPSA) is 81.4 Å². The SMILES string of the molecule is Cc1cc(S(=O)(=O)NC2(C)CCCOC2)cc(N)c1Cl. The molecule has 1 aromatic rings.